The summed E-state index contributed by atoms with van der Waals surface area (Å²) >= 11 is 0. The van der Waals surface area contributed by atoms with E-state index >= 15 is 0 Å². The maximum absolute atomic E-state index is 11.6. The van der Waals surface area contributed by atoms with Gasteiger partial charge in [-0.25, -0.2) is 13.1 Å². The van der Waals surface area contributed by atoms with Crippen molar-refractivity contribution in [3.05, 3.63) is 35.9 Å². The van der Waals surface area contributed by atoms with E-state index < -0.39 is 10.0 Å². The van der Waals surface area contributed by atoms with E-state index in [-0.39, 0.29) is 10.8 Å². The number of hydrogen-bond donors (Lipinski definition) is 2. The van der Waals surface area contributed by atoms with E-state index in [1.165, 1.54) is 25.3 Å². The Bertz CT molecular complexity index is 607. The number of nitrogens with zero attached hydrogens (tertiary/aromatic N) is 1. The van der Waals surface area contributed by atoms with Crippen LogP contribution in [-0.2, 0) is 14.8 Å². The molecule has 0 aliphatic heterocycles. The molecule has 0 spiro atoms. The fourth-order valence-corrected chi connectivity index (χ4v) is 2.44. The number of nitrogens with one attached hydrogen (secondary N) is 2. The zero-order valence-corrected chi connectivity index (χ0v) is 14.0. The molecule has 2 N–H and O–H groups in total. The highest BCUT2D eigenvalue weighted by molar-refractivity contribution is 7.89. The van der Waals surface area contributed by atoms with E-state index in [1.807, 2.05) is 14.1 Å². The second-order valence-electron chi connectivity index (χ2n) is 5.06. The third-order valence-corrected chi connectivity index (χ3v) is 4.40. The van der Waals surface area contributed by atoms with Crippen LogP contribution in [-0.4, -0.2) is 53.5 Å². The van der Waals surface area contributed by atoms with Crippen molar-refractivity contribution in [2.45, 2.75) is 11.3 Å². The van der Waals surface area contributed by atoms with Crippen LogP contribution in [0.25, 0.3) is 6.08 Å². The van der Waals surface area contributed by atoms with Crippen LogP contribution in [0, 0.1) is 0 Å². The maximum atomic E-state index is 11.6. The van der Waals surface area contributed by atoms with Crippen molar-refractivity contribution in [1.82, 2.24) is 14.9 Å². The monoisotopic (exact) mass is 325 g/mol. The summed E-state index contributed by atoms with van der Waals surface area (Å²) in [6.45, 7) is 1.55. The molecule has 6 nitrogen and oxygen atoms in total. The van der Waals surface area contributed by atoms with Gasteiger partial charge in [-0.05, 0) is 57.9 Å². The molecule has 0 heterocycles. The molecule has 0 fully saturated rings. The number of amides is 1. The van der Waals surface area contributed by atoms with E-state index in [4.69, 9.17) is 0 Å². The number of hydrogen-bond acceptors (Lipinski definition) is 4. The summed E-state index contributed by atoms with van der Waals surface area (Å²) in [7, 11) is 1.91. The molecule has 1 aromatic rings. The highest BCUT2D eigenvalue weighted by Crippen LogP contribution is 2.11. The molecule has 0 aliphatic carbocycles. The summed E-state index contributed by atoms with van der Waals surface area (Å²) in [5.41, 5.74) is 0.762. The quantitative estimate of drug-likeness (QED) is 0.544. The zero-order chi connectivity index (χ0) is 16.6. The van der Waals surface area contributed by atoms with Crippen molar-refractivity contribution in [2.75, 3.05) is 34.2 Å². The number of carbonyl (C=O) groups excluding carboxylic acids is 1. The van der Waals surface area contributed by atoms with Crippen LogP contribution in [0.5, 0.6) is 0 Å². The highest BCUT2D eigenvalue weighted by atomic mass is 32.2. The Balaban J connectivity index is 2.51. The third-order valence-electron chi connectivity index (χ3n) is 2.97. The van der Waals surface area contributed by atoms with Crippen LogP contribution in [0.4, 0.5) is 0 Å². The molecule has 1 rings (SSSR count). The van der Waals surface area contributed by atoms with E-state index in [0.29, 0.717) is 6.54 Å². The Labute approximate surface area is 132 Å². The lowest BCUT2D eigenvalue weighted by molar-refractivity contribution is -0.116. The van der Waals surface area contributed by atoms with Crippen molar-refractivity contribution in [3.63, 3.8) is 0 Å². The van der Waals surface area contributed by atoms with Gasteiger partial charge in [-0.2, -0.15) is 0 Å². The molecule has 1 amide bonds. The van der Waals surface area contributed by atoms with Gasteiger partial charge in [0.15, 0.2) is 0 Å². The first-order chi connectivity index (χ1) is 10.3. The van der Waals surface area contributed by atoms with Crippen molar-refractivity contribution in [2.24, 2.45) is 0 Å². The summed E-state index contributed by atoms with van der Waals surface area (Å²) in [5.74, 6) is -0.161. The van der Waals surface area contributed by atoms with E-state index in [9.17, 15) is 13.2 Å². The van der Waals surface area contributed by atoms with Crippen molar-refractivity contribution >= 4 is 22.0 Å². The maximum Gasteiger partial charge on any atom is 0.243 e. The number of benzene rings is 1. The van der Waals surface area contributed by atoms with Gasteiger partial charge in [0.25, 0.3) is 0 Å². The van der Waals surface area contributed by atoms with E-state index in [2.05, 4.69) is 14.9 Å². The fourth-order valence-electron chi connectivity index (χ4n) is 1.71. The Kier molecular flexibility index (Phi) is 7.23. The van der Waals surface area contributed by atoms with Gasteiger partial charge >= 0.3 is 0 Å². The van der Waals surface area contributed by atoms with Gasteiger partial charge in [0.05, 0.1) is 4.90 Å². The fraction of sp³-hybridized carbons (Fsp3) is 0.400. The molecule has 0 aliphatic rings. The zero-order valence-electron chi connectivity index (χ0n) is 13.2. The topological polar surface area (TPSA) is 78.5 Å². The van der Waals surface area contributed by atoms with E-state index in [1.54, 1.807) is 18.2 Å². The van der Waals surface area contributed by atoms with Gasteiger partial charge in [-0.3, -0.25) is 4.79 Å². The van der Waals surface area contributed by atoms with Gasteiger partial charge in [-0.15, -0.1) is 0 Å². The molecule has 1 aromatic carbocycles. The lowest BCUT2D eigenvalue weighted by Crippen LogP contribution is -2.25. The molecular weight excluding hydrogens is 302 g/mol. The van der Waals surface area contributed by atoms with Crippen molar-refractivity contribution in [3.8, 4) is 0 Å². The second-order valence-corrected chi connectivity index (χ2v) is 6.94. The average molecular weight is 325 g/mol. The molecule has 22 heavy (non-hydrogen) atoms. The summed E-state index contributed by atoms with van der Waals surface area (Å²) in [6.07, 6.45) is 3.98. The molecular formula is C15H23N3O3S. The van der Waals surface area contributed by atoms with Crippen molar-refractivity contribution < 1.29 is 13.2 Å². The van der Waals surface area contributed by atoms with Crippen LogP contribution >= 0.6 is 0 Å². The molecule has 0 saturated carbocycles. The molecule has 7 heteroatoms. The molecule has 0 aromatic heterocycles. The summed E-state index contributed by atoms with van der Waals surface area (Å²) in [5, 5.41) is 2.79. The first-order valence-electron chi connectivity index (χ1n) is 6.99. The third kappa shape index (κ3) is 6.38. The predicted molar refractivity (Wildman–Crippen MR) is 87.9 cm³/mol. The minimum atomic E-state index is -3.43. The van der Waals surface area contributed by atoms with Gasteiger partial charge in [0.2, 0.25) is 15.9 Å². The SMILES string of the molecule is CNS(=O)(=O)c1ccc(/C=C/C(=O)NCCCN(C)C)cc1. The molecule has 0 unspecified atom stereocenters. The molecule has 0 atom stereocenters. The van der Waals surface area contributed by atoms with Crippen LogP contribution < -0.4 is 10.0 Å². The van der Waals surface area contributed by atoms with E-state index in [0.717, 1.165) is 18.5 Å². The largest absolute Gasteiger partial charge is 0.353 e. The summed E-state index contributed by atoms with van der Waals surface area (Å²) in [4.78, 5) is 13.9. The lowest BCUT2D eigenvalue weighted by Gasteiger charge is -2.08. The molecule has 0 saturated heterocycles. The highest BCUT2D eigenvalue weighted by Gasteiger charge is 2.09. The Hall–Kier alpha value is -1.70. The summed E-state index contributed by atoms with van der Waals surface area (Å²) < 4.78 is 25.4. The smallest absolute Gasteiger partial charge is 0.243 e. The first-order valence-corrected chi connectivity index (χ1v) is 8.48. The van der Waals surface area contributed by atoms with Gasteiger partial charge < -0.3 is 10.2 Å². The van der Waals surface area contributed by atoms with Crippen LogP contribution in [0.15, 0.2) is 35.2 Å². The number of carbonyl (C=O) groups is 1. The Morgan fingerprint density at radius 3 is 2.41 bits per heavy atom. The van der Waals surface area contributed by atoms with Crippen LogP contribution in [0.1, 0.15) is 12.0 Å². The average Bonchev–Trinajstić information content (AvgIpc) is 2.49. The molecule has 0 bridgehead atoms. The first kappa shape index (κ1) is 18.3. The number of rotatable bonds is 8. The lowest BCUT2D eigenvalue weighted by atomic mass is 10.2. The normalized spacial score (nSPS) is 12.0. The van der Waals surface area contributed by atoms with Crippen molar-refractivity contribution in [1.29, 1.82) is 0 Å². The van der Waals surface area contributed by atoms with Crippen LogP contribution in [0.2, 0.25) is 0 Å². The predicted octanol–water partition coefficient (Wildman–Crippen LogP) is 0.676. The second kappa shape index (κ2) is 8.67. The summed E-state index contributed by atoms with van der Waals surface area (Å²) in [6, 6.07) is 6.31. The Morgan fingerprint density at radius 2 is 1.86 bits per heavy atom. The number of sulfonamides is 1. The standard InChI is InChI=1S/C15H23N3O3S/c1-16-22(20,21)14-8-5-13(6-9-14)7-10-15(19)17-11-4-12-18(2)3/h5-10,16H,4,11-12H2,1-3H3,(H,17,19)/b10-7+. The van der Waals surface area contributed by atoms with Gasteiger partial charge in [0.1, 0.15) is 0 Å². The molecule has 0 radical (unpaired) electrons. The van der Waals surface area contributed by atoms with Gasteiger partial charge in [-0.1, -0.05) is 12.1 Å². The minimum absolute atomic E-state index is 0.161. The molecule has 122 valence electrons. The van der Waals surface area contributed by atoms with Crippen LogP contribution in [0.3, 0.4) is 0 Å². The van der Waals surface area contributed by atoms with Gasteiger partial charge in [0, 0.05) is 12.6 Å². The Morgan fingerprint density at radius 1 is 1.23 bits per heavy atom. The minimum Gasteiger partial charge on any atom is -0.353 e.